The Hall–Kier alpha value is -0.820. The summed E-state index contributed by atoms with van der Waals surface area (Å²) in [5.41, 5.74) is -0.784. The van der Waals surface area contributed by atoms with Gasteiger partial charge in [-0.2, -0.15) is 13.2 Å². The fourth-order valence-electron chi connectivity index (χ4n) is 1.97. The zero-order valence-electron chi connectivity index (χ0n) is 10.4. The zero-order chi connectivity index (χ0) is 13.3. The van der Waals surface area contributed by atoms with E-state index >= 15 is 0 Å². The van der Waals surface area contributed by atoms with Gasteiger partial charge in [0.05, 0.1) is 0 Å². The quantitative estimate of drug-likeness (QED) is 0.829. The smallest absolute Gasteiger partial charge is 0.346 e. The van der Waals surface area contributed by atoms with Crippen LogP contribution in [-0.4, -0.2) is 42.1 Å². The highest BCUT2D eigenvalue weighted by Crippen LogP contribution is 2.33. The predicted molar refractivity (Wildman–Crippen MR) is 66.0 cm³/mol. The molecule has 0 spiro atoms. The minimum Gasteiger partial charge on any atom is -0.346 e. The Balaban J connectivity index is 2.00. The molecular formula is C11H16F3N3S. The van der Waals surface area contributed by atoms with Crippen molar-refractivity contribution in [3.63, 3.8) is 0 Å². The average Bonchev–Trinajstić information content (AvgIpc) is 2.78. The maximum absolute atomic E-state index is 12.5. The lowest BCUT2D eigenvalue weighted by atomic mass is 10.2. The number of thiazole rings is 1. The van der Waals surface area contributed by atoms with Crippen molar-refractivity contribution in [1.82, 2.24) is 9.88 Å². The van der Waals surface area contributed by atoms with Crippen molar-refractivity contribution in [3.05, 3.63) is 11.1 Å². The summed E-state index contributed by atoms with van der Waals surface area (Å²) in [4.78, 5) is 7.92. The number of hydrogen-bond donors (Lipinski definition) is 0. The van der Waals surface area contributed by atoms with Crippen LogP contribution in [0.25, 0.3) is 0 Å². The second-order valence-electron chi connectivity index (χ2n) is 4.63. The van der Waals surface area contributed by atoms with Crippen molar-refractivity contribution in [2.45, 2.75) is 26.1 Å². The molecule has 0 unspecified atom stereocenters. The van der Waals surface area contributed by atoms with Crippen LogP contribution in [0, 0.1) is 0 Å². The molecule has 0 saturated carbocycles. The van der Waals surface area contributed by atoms with E-state index in [-0.39, 0.29) is 0 Å². The molecule has 2 heterocycles. The monoisotopic (exact) mass is 279 g/mol. The van der Waals surface area contributed by atoms with Crippen LogP contribution < -0.4 is 4.90 Å². The van der Waals surface area contributed by atoms with E-state index in [0.29, 0.717) is 11.2 Å². The molecule has 1 saturated heterocycles. The number of hydrogen-bond acceptors (Lipinski definition) is 4. The molecule has 18 heavy (non-hydrogen) atoms. The van der Waals surface area contributed by atoms with E-state index < -0.39 is 11.9 Å². The standard InChI is InChI=1S/C11H16F3N3S/c1-8(2)16-3-5-17(6-4-16)10-15-9(7-18-10)11(12,13)14/h7-8H,3-6H2,1-2H3. The van der Waals surface area contributed by atoms with Crippen LogP contribution >= 0.6 is 11.3 Å². The van der Waals surface area contributed by atoms with Crippen LogP contribution in [-0.2, 0) is 6.18 Å². The normalized spacial score (nSPS) is 18.7. The van der Waals surface area contributed by atoms with Crippen LogP contribution in [0.2, 0.25) is 0 Å². The average molecular weight is 279 g/mol. The van der Waals surface area contributed by atoms with E-state index in [2.05, 4.69) is 23.7 Å². The third-order valence-corrected chi connectivity index (χ3v) is 4.00. The molecule has 1 aromatic heterocycles. The maximum atomic E-state index is 12.5. The van der Waals surface area contributed by atoms with E-state index in [9.17, 15) is 13.2 Å². The fraction of sp³-hybridized carbons (Fsp3) is 0.727. The van der Waals surface area contributed by atoms with E-state index in [0.717, 1.165) is 42.9 Å². The van der Waals surface area contributed by atoms with Gasteiger partial charge >= 0.3 is 6.18 Å². The second kappa shape index (κ2) is 5.05. The van der Waals surface area contributed by atoms with Gasteiger partial charge in [-0.1, -0.05) is 0 Å². The van der Waals surface area contributed by atoms with Gasteiger partial charge in [-0.3, -0.25) is 4.90 Å². The lowest BCUT2D eigenvalue weighted by Gasteiger charge is -2.36. The number of rotatable bonds is 2. The number of halogens is 3. The van der Waals surface area contributed by atoms with Gasteiger partial charge in [-0.15, -0.1) is 11.3 Å². The van der Waals surface area contributed by atoms with Crippen molar-refractivity contribution in [2.75, 3.05) is 31.1 Å². The van der Waals surface area contributed by atoms with Crippen LogP contribution in [0.1, 0.15) is 19.5 Å². The number of piperazine rings is 1. The first-order chi connectivity index (χ1) is 8.38. The summed E-state index contributed by atoms with van der Waals surface area (Å²) in [5, 5.41) is 1.56. The molecule has 1 aliphatic rings. The van der Waals surface area contributed by atoms with E-state index in [1.807, 2.05) is 4.90 Å². The molecule has 0 N–H and O–H groups in total. The van der Waals surface area contributed by atoms with E-state index in [1.165, 1.54) is 0 Å². The first-order valence-corrected chi connectivity index (χ1v) is 6.77. The molecule has 1 aromatic rings. The topological polar surface area (TPSA) is 19.4 Å². The molecule has 0 radical (unpaired) electrons. The molecule has 1 aliphatic heterocycles. The van der Waals surface area contributed by atoms with Gasteiger partial charge in [-0.25, -0.2) is 4.98 Å². The van der Waals surface area contributed by atoms with Gasteiger partial charge < -0.3 is 4.90 Å². The fourth-order valence-corrected chi connectivity index (χ4v) is 2.86. The Labute approximate surface area is 108 Å². The molecular weight excluding hydrogens is 263 g/mol. The molecule has 0 aromatic carbocycles. The summed E-state index contributed by atoms with van der Waals surface area (Å²) < 4.78 is 37.4. The van der Waals surface area contributed by atoms with Gasteiger partial charge in [0.25, 0.3) is 0 Å². The minimum atomic E-state index is -4.34. The predicted octanol–water partition coefficient (Wildman–Crippen LogP) is 2.69. The van der Waals surface area contributed by atoms with Crippen molar-refractivity contribution < 1.29 is 13.2 Å². The number of aromatic nitrogens is 1. The van der Waals surface area contributed by atoms with Crippen LogP contribution in [0.15, 0.2) is 5.38 Å². The van der Waals surface area contributed by atoms with Gasteiger partial charge in [-0.05, 0) is 13.8 Å². The number of anilines is 1. The van der Waals surface area contributed by atoms with Crippen molar-refractivity contribution in [1.29, 1.82) is 0 Å². The van der Waals surface area contributed by atoms with Gasteiger partial charge in [0.15, 0.2) is 10.8 Å². The summed E-state index contributed by atoms with van der Waals surface area (Å²) in [5.74, 6) is 0. The highest BCUT2D eigenvalue weighted by molar-refractivity contribution is 7.13. The molecule has 102 valence electrons. The highest BCUT2D eigenvalue weighted by atomic mass is 32.1. The first-order valence-electron chi connectivity index (χ1n) is 5.89. The first kappa shape index (κ1) is 13.6. The Morgan fingerprint density at radius 3 is 2.28 bits per heavy atom. The zero-order valence-corrected chi connectivity index (χ0v) is 11.2. The van der Waals surface area contributed by atoms with Crippen molar-refractivity contribution in [3.8, 4) is 0 Å². The van der Waals surface area contributed by atoms with Gasteiger partial charge in [0, 0.05) is 37.6 Å². The van der Waals surface area contributed by atoms with Crippen LogP contribution in [0.5, 0.6) is 0 Å². The Kier molecular flexibility index (Phi) is 3.82. The van der Waals surface area contributed by atoms with Crippen LogP contribution in [0.3, 0.4) is 0 Å². The Morgan fingerprint density at radius 2 is 1.83 bits per heavy atom. The Bertz CT molecular complexity index is 394. The summed E-state index contributed by atoms with van der Waals surface area (Å²) in [7, 11) is 0. The van der Waals surface area contributed by atoms with E-state index in [4.69, 9.17) is 0 Å². The summed E-state index contributed by atoms with van der Waals surface area (Å²) in [6.07, 6.45) is -4.34. The van der Waals surface area contributed by atoms with Gasteiger partial charge in [0.1, 0.15) is 0 Å². The van der Waals surface area contributed by atoms with E-state index in [1.54, 1.807) is 0 Å². The summed E-state index contributed by atoms with van der Waals surface area (Å²) in [6.45, 7) is 7.48. The lowest BCUT2D eigenvalue weighted by Crippen LogP contribution is -2.48. The number of nitrogens with zero attached hydrogens (tertiary/aromatic N) is 3. The Morgan fingerprint density at radius 1 is 1.22 bits per heavy atom. The van der Waals surface area contributed by atoms with Crippen molar-refractivity contribution in [2.24, 2.45) is 0 Å². The maximum Gasteiger partial charge on any atom is 0.434 e. The third-order valence-electron chi connectivity index (χ3n) is 3.10. The highest BCUT2D eigenvalue weighted by Gasteiger charge is 2.34. The molecule has 0 atom stereocenters. The summed E-state index contributed by atoms with van der Waals surface area (Å²) >= 11 is 1.07. The van der Waals surface area contributed by atoms with Crippen LogP contribution in [0.4, 0.5) is 18.3 Å². The third kappa shape index (κ3) is 2.95. The van der Waals surface area contributed by atoms with Gasteiger partial charge in [0.2, 0.25) is 0 Å². The molecule has 0 amide bonds. The summed E-state index contributed by atoms with van der Waals surface area (Å²) in [6, 6.07) is 0.481. The number of alkyl halides is 3. The molecule has 1 fully saturated rings. The van der Waals surface area contributed by atoms with Crippen molar-refractivity contribution >= 4 is 16.5 Å². The largest absolute Gasteiger partial charge is 0.434 e. The minimum absolute atomic E-state index is 0.478. The molecule has 0 bridgehead atoms. The SMILES string of the molecule is CC(C)N1CCN(c2nc(C(F)(F)F)cs2)CC1. The molecule has 2 rings (SSSR count). The second-order valence-corrected chi connectivity index (χ2v) is 5.47. The molecule has 3 nitrogen and oxygen atoms in total. The lowest BCUT2D eigenvalue weighted by molar-refractivity contribution is -0.140. The molecule has 0 aliphatic carbocycles. The molecule has 7 heteroatoms.